The number of aromatic nitrogens is 1. The van der Waals surface area contributed by atoms with Crippen molar-refractivity contribution in [2.75, 3.05) is 6.54 Å². The Morgan fingerprint density at radius 3 is 3.00 bits per heavy atom. The first-order valence-electron chi connectivity index (χ1n) is 4.35. The van der Waals surface area contributed by atoms with Crippen LogP contribution < -0.4 is 5.32 Å². The molecule has 1 aliphatic heterocycles. The van der Waals surface area contributed by atoms with Crippen molar-refractivity contribution in [2.24, 2.45) is 0 Å². The number of rotatable bonds is 1. The highest BCUT2D eigenvalue weighted by Gasteiger charge is 2.20. The van der Waals surface area contributed by atoms with Crippen molar-refractivity contribution >= 4 is 12.4 Å². The third-order valence-electron chi connectivity index (χ3n) is 2.30. The van der Waals surface area contributed by atoms with Crippen molar-refractivity contribution in [3.63, 3.8) is 0 Å². The number of pyridine rings is 1. The number of hydrogen-bond acceptors (Lipinski definition) is 3. The van der Waals surface area contributed by atoms with Crippen molar-refractivity contribution in [3.8, 4) is 5.88 Å². The van der Waals surface area contributed by atoms with Crippen molar-refractivity contribution in [1.82, 2.24) is 10.3 Å². The molecule has 0 spiro atoms. The van der Waals surface area contributed by atoms with Gasteiger partial charge in [0.1, 0.15) is 5.82 Å². The summed E-state index contributed by atoms with van der Waals surface area (Å²) >= 11 is 0. The van der Waals surface area contributed by atoms with Gasteiger partial charge in [0, 0.05) is 11.6 Å². The Bertz CT molecular complexity index is 316. The third kappa shape index (κ3) is 2.13. The Morgan fingerprint density at radius 1 is 1.57 bits per heavy atom. The number of hydrogen-bond donors (Lipinski definition) is 2. The summed E-state index contributed by atoms with van der Waals surface area (Å²) in [6.07, 6.45) is 3.01. The van der Waals surface area contributed by atoms with Gasteiger partial charge in [0.05, 0.1) is 6.20 Å². The van der Waals surface area contributed by atoms with Crippen LogP contribution in [0, 0.1) is 5.82 Å². The van der Waals surface area contributed by atoms with Crippen LogP contribution in [0.5, 0.6) is 5.88 Å². The van der Waals surface area contributed by atoms with Crippen LogP contribution in [-0.2, 0) is 0 Å². The molecule has 2 heterocycles. The SMILES string of the molecule is Cl.Oc1ncc(F)cc1[C@H]1CCCN1. The van der Waals surface area contributed by atoms with E-state index in [1.54, 1.807) is 0 Å². The topological polar surface area (TPSA) is 45.2 Å². The van der Waals surface area contributed by atoms with E-state index in [1.807, 2.05) is 0 Å². The first-order chi connectivity index (χ1) is 6.27. The van der Waals surface area contributed by atoms with Crippen LogP contribution in [-0.4, -0.2) is 16.6 Å². The van der Waals surface area contributed by atoms with Crippen LogP contribution in [0.2, 0.25) is 0 Å². The first kappa shape index (κ1) is 11.2. The second kappa shape index (κ2) is 4.57. The molecule has 1 fully saturated rings. The zero-order chi connectivity index (χ0) is 9.26. The Hall–Kier alpha value is -0.870. The van der Waals surface area contributed by atoms with E-state index in [0.29, 0.717) is 5.56 Å². The van der Waals surface area contributed by atoms with E-state index in [4.69, 9.17) is 0 Å². The largest absolute Gasteiger partial charge is 0.493 e. The second-order valence-electron chi connectivity index (χ2n) is 3.22. The molecule has 78 valence electrons. The lowest BCUT2D eigenvalue weighted by molar-refractivity contribution is 0.431. The summed E-state index contributed by atoms with van der Waals surface area (Å²) in [5, 5.41) is 12.6. The predicted octanol–water partition coefficient (Wildman–Crippen LogP) is 1.77. The lowest BCUT2D eigenvalue weighted by atomic mass is 10.1. The monoisotopic (exact) mass is 218 g/mol. The molecule has 1 aromatic heterocycles. The highest BCUT2D eigenvalue weighted by molar-refractivity contribution is 5.85. The number of aromatic hydroxyl groups is 1. The van der Waals surface area contributed by atoms with Gasteiger partial charge < -0.3 is 10.4 Å². The third-order valence-corrected chi connectivity index (χ3v) is 2.30. The molecule has 0 aliphatic carbocycles. The Morgan fingerprint density at radius 2 is 2.36 bits per heavy atom. The van der Waals surface area contributed by atoms with Gasteiger partial charge >= 0.3 is 0 Å². The highest BCUT2D eigenvalue weighted by atomic mass is 35.5. The molecule has 2 rings (SSSR count). The van der Waals surface area contributed by atoms with Gasteiger partial charge in [-0.3, -0.25) is 0 Å². The van der Waals surface area contributed by atoms with Gasteiger partial charge in [0.25, 0.3) is 0 Å². The molecule has 0 radical (unpaired) electrons. The van der Waals surface area contributed by atoms with Crippen LogP contribution in [0.4, 0.5) is 4.39 Å². The lowest BCUT2D eigenvalue weighted by Crippen LogP contribution is -2.13. The van der Waals surface area contributed by atoms with E-state index < -0.39 is 5.82 Å². The van der Waals surface area contributed by atoms with E-state index in [2.05, 4.69) is 10.3 Å². The maximum Gasteiger partial charge on any atom is 0.215 e. The molecule has 0 amide bonds. The molecular weight excluding hydrogens is 207 g/mol. The summed E-state index contributed by atoms with van der Waals surface area (Å²) in [6.45, 7) is 0.917. The second-order valence-corrected chi connectivity index (χ2v) is 3.22. The zero-order valence-electron chi connectivity index (χ0n) is 7.53. The molecule has 1 aliphatic rings. The summed E-state index contributed by atoms with van der Waals surface area (Å²) in [4.78, 5) is 3.56. The molecule has 3 nitrogen and oxygen atoms in total. The van der Waals surface area contributed by atoms with Crippen LogP contribution >= 0.6 is 12.4 Å². The minimum atomic E-state index is -0.401. The molecule has 2 N–H and O–H groups in total. The minimum absolute atomic E-state index is 0. The fraction of sp³-hybridized carbons (Fsp3) is 0.444. The van der Waals surface area contributed by atoms with E-state index >= 15 is 0 Å². The highest BCUT2D eigenvalue weighted by Crippen LogP contribution is 2.28. The first-order valence-corrected chi connectivity index (χ1v) is 4.35. The zero-order valence-corrected chi connectivity index (χ0v) is 8.35. The van der Waals surface area contributed by atoms with Crippen molar-refractivity contribution in [1.29, 1.82) is 0 Å². The molecule has 1 atom stereocenters. The minimum Gasteiger partial charge on any atom is -0.493 e. The molecule has 1 aromatic rings. The van der Waals surface area contributed by atoms with Crippen LogP contribution in [0.3, 0.4) is 0 Å². The van der Waals surface area contributed by atoms with Gasteiger partial charge in [-0.1, -0.05) is 0 Å². The average Bonchev–Trinajstić information content (AvgIpc) is 2.61. The molecule has 14 heavy (non-hydrogen) atoms. The van der Waals surface area contributed by atoms with Crippen LogP contribution in [0.25, 0.3) is 0 Å². The van der Waals surface area contributed by atoms with E-state index in [-0.39, 0.29) is 24.3 Å². The van der Waals surface area contributed by atoms with Gasteiger partial charge in [0.2, 0.25) is 5.88 Å². The van der Waals surface area contributed by atoms with Gasteiger partial charge in [-0.05, 0) is 25.5 Å². The Balaban J connectivity index is 0.000000980. The Labute approximate surface area is 87.8 Å². The molecule has 0 saturated carbocycles. The molecule has 0 bridgehead atoms. The fourth-order valence-electron chi connectivity index (χ4n) is 1.65. The predicted molar refractivity (Wildman–Crippen MR) is 53.1 cm³/mol. The molecule has 5 heteroatoms. The van der Waals surface area contributed by atoms with Gasteiger partial charge in [-0.15, -0.1) is 12.4 Å². The molecule has 1 saturated heterocycles. The number of nitrogens with zero attached hydrogens (tertiary/aromatic N) is 1. The van der Waals surface area contributed by atoms with Crippen molar-refractivity contribution < 1.29 is 9.50 Å². The summed E-state index contributed by atoms with van der Waals surface area (Å²) in [6, 6.07) is 1.40. The number of halogens is 2. The van der Waals surface area contributed by atoms with Gasteiger partial charge in [-0.25, -0.2) is 9.37 Å². The quantitative estimate of drug-likeness (QED) is 0.755. The lowest BCUT2D eigenvalue weighted by Gasteiger charge is -2.10. The molecular formula is C9H12ClFN2O. The smallest absolute Gasteiger partial charge is 0.215 e. The molecule has 0 aromatic carbocycles. The van der Waals surface area contributed by atoms with Crippen molar-refractivity contribution in [3.05, 3.63) is 23.6 Å². The fourth-order valence-corrected chi connectivity index (χ4v) is 1.65. The maximum atomic E-state index is 12.8. The average molecular weight is 219 g/mol. The van der Waals surface area contributed by atoms with E-state index in [9.17, 15) is 9.50 Å². The van der Waals surface area contributed by atoms with Gasteiger partial charge in [0.15, 0.2) is 0 Å². The van der Waals surface area contributed by atoms with Crippen LogP contribution in [0.15, 0.2) is 12.3 Å². The summed E-state index contributed by atoms with van der Waals surface area (Å²) in [5.41, 5.74) is 0.567. The standard InChI is InChI=1S/C9H11FN2O.ClH/c10-6-4-7(9(13)12-5-6)8-2-1-3-11-8;/h4-5,8,11H,1-3H2,(H,12,13);1H/t8-;/m1./s1. The Kier molecular flexibility index (Phi) is 3.66. The van der Waals surface area contributed by atoms with E-state index in [0.717, 1.165) is 25.6 Å². The van der Waals surface area contributed by atoms with Gasteiger partial charge in [-0.2, -0.15) is 0 Å². The normalized spacial score (nSPS) is 20.5. The summed E-state index contributed by atoms with van der Waals surface area (Å²) < 4.78 is 12.8. The van der Waals surface area contributed by atoms with Crippen LogP contribution in [0.1, 0.15) is 24.4 Å². The summed E-state index contributed by atoms with van der Waals surface area (Å²) in [7, 11) is 0. The molecule has 0 unspecified atom stereocenters. The van der Waals surface area contributed by atoms with E-state index in [1.165, 1.54) is 6.07 Å². The van der Waals surface area contributed by atoms with Crippen molar-refractivity contribution in [2.45, 2.75) is 18.9 Å². The number of nitrogens with one attached hydrogen (secondary N) is 1. The summed E-state index contributed by atoms with van der Waals surface area (Å²) in [5.74, 6) is -0.470. The maximum absolute atomic E-state index is 12.8.